The van der Waals surface area contributed by atoms with Gasteiger partial charge < -0.3 is 10.8 Å². The highest BCUT2D eigenvalue weighted by molar-refractivity contribution is 5.65. The summed E-state index contributed by atoms with van der Waals surface area (Å²) in [5.41, 5.74) is 7.22. The van der Waals surface area contributed by atoms with Crippen molar-refractivity contribution in [2.24, 2.45) is 5.73 Å². The predicted octanol–water partition coefficient (Wildman–Crippen LogP) is -0.127. The van der Waals surface area contributed by atoms with Gasteiger partial charge in [-0.05, 0) is 11.6 Å². The van der Waals surface area contributed by atoms with Gasteiger partial charge in [-0.1, -0.05) is 6.07 Å². The maximum absolute atomic E-state index is 9.86. The molecule has 18 heavy (non-hydrogen) atoms. The van der Waals surface area contributed by atoms with Crippen molar-refractivity contribution in [2.45, 2.75) is 6.54 Å². The van der Waals surface area contributed by atoms with E-state index < -0.39 is 0 Å². The number of nitrogens with zero attached hydrogens (tertiary/aromatic N) is 4. The third kappa shape index (κ3) is 1.41. The summed E-state index contributed by atoms with van der Waals surface area (Å²) in [6, 6.07) is 3.53. The molecule has 0 atom stereocenters. The standard InChI is InChI=1S/C11H10N6O/c12-3-6-1-2-7-11(18)16-8-9(13)14-5-15-10(8)17(7)4-6/h1-2,4-5,13,18H,3,12H2. The van der Waals surface area contributed by atoms with Crippen LogP contribution in [-0.4, -0.2) is 24.5 Å². The van der Waals surface area contributed by atoms with Gasteiger partial charge in [-0.15, -0.1) is 0 Å². The van der Waals surface area contributed by atoms with Crippen molar-refractivity contribution >= 4 is 5.52 Å². The van der Waals surface area contributed by atoms with Crippen LogP contribution < -0.4 is 11.2 Å². The first-order chi connectivity index (χ1) is 8.70. The van der Waals surface area contributed by atoms with E-state index in [0.29, 0.717) is 17.9 Å². The zero-order valence-electron chi connectivity index (χ0n) is 9.33. The van der Waals surface area contributed by atoms with Gasteiger partial charge in [0, 0.05) is 12.7 Å². The molecule has 1 aromatic heterocycles. The largest absolute Gasteiger partial charge is 0.492 e. The van der Waals surface area contributed by atoms with Gasteiger partial charge in [0.1, 0.15) is 11.8 Å². The second kappa shape index (κ2) is 3.74. The van der Waals surface area contributed by atoms with Crippen LogP contribution in [0.1, 0.15) is 5.56 Å². The lowest BCUT2D eigenvalue weighted by Crippen LogP contribution is -2.16. The highest BCUT2D eigenvalue weighted by Crippen LogP contribution is 2.23. The highest BCUT2D eigenvalue weighted by atomic mass is 16.3. The monoisotopic (exact) mass is 242 g/mol. The molecule has 0 amide bonds. The molecule has 0 spiro atoms. The second-order valence-electron chi connectivity index (χ2n) is 3.83. The molecule has 0 saturated carbocycles. The molecule has 0 aromatic carbocycles. The average molecular weight is 242 g/mol. The van der Waals surface area contributed by atoms with E-state index in [9.17, 15) is 5.11 Å². The number of hydrogen-bond acceptors (Lipinski definition) is 6. The van der Waals surface area contributed by atoms with Crippen molar-refractivity contribution in [3.63, 3.8) is 0 Å². The Kier molecular flexibility index (Phi) is 2.20. The minimum atomic E-state index is -0.158. The molecular formula is C11H10N6O. The van der Waals surface area contributed by atoms with Gasteiger partial charge in [0.25, 0.3) is 0 Å². The first-order valence-electron chi connectivity index (χ1n) is 5.30. The molecule has 0 radical (unpaired) electrons. The van der Waals surface area contributed by atoms with Crippen LogP contribution in [0, 0.1) is 5.41 Å². The van der Waals surface area contributed by atoms with E-state index in [1.54, 1.807) is 16.7 Å². The number of hydrogen-bond donors (Lipinski definition) is 3. The van der Waals surface area contributed by atoms with E-state index in [2.05, 4.69) is 15.0 Å². The Balaban J connectivity index is 2.53. The summed E-state index contributed by atoms with van der Waals surface area (Å²) in [6.45, 7) is 0.381. The van der Waals surface area contributed by atoms with Crippen molar-refractivity contribution in [3.8, 4) is 17.4 Å². The van der Waals surface area contributed by atoms with Gasteiger partial charge in [0.2, 0.25) is 5.88 Å². The van der Waals surface area contributed by atoms with Crippen LogP contribution in [0.3, 0.4) is 0 Å². The summed E-state index contributed by atoms with van der Waals surface area (Å²) in [6.07, 6.45) is 3.07. The van der Waals surface area contributed by atoms with E-state index in [1.807, 2.05) is 6.07 Å². The number of nitrogens with one attached hydrogen (secondary N) is 1. The summed E-state index contributed by atoms with van der Waals surface area (Å²) >= 11 is 0. The molecule has 3 rings (SSSR count). The molecule has 0 aliphatic carbocycles. The van der Waals surface area contributed by atoms with Gasteiger partial charge in [0.15, 0.2) is 17.0 Å². The van der Waals surface area contributed by atoms with Crippen LogP contribution in [0.2, 0.25) is 0 Å². The number of aromatic hydroxyl groups is 1. The summed E-state index contributed by atoms with van der Waals surface area (Å²) in [4.78, 5) is 11.8. The Labute approximate surface area is 101 Å². The normalized spacial score (nSPS) is 11.2. The molecule has 2 aliphatic rings. The van der Waals surface area contributed by atoms with Crippen LogP contribution in [0.4, 0.5) is 0 Å². The van der Waals surface area contributed by atoms with Gasteiger partial charge >= 0.3 is 0 Å². The van der Waals surface area contributed by atoms with E-state index in [4.69, 9.17) is 11.1 Å². The SMILES string of the molecule is N=c1ncnc2n3cc(CN)ccc3c(O)nc1-2. The molecule has 1 aromatic rings. The Morgan fingerprint density at radius 3 is 2.94 bits per heavy atom. The Bertz CT molecular complexity index is 765. The zero-order valence-corrected chi connectivity index (χ0v) is 9.33. The Hall–Kier alpha value is -2.54. The van der Waals surface area contributed by atoms with E-state index in [1.165, 1.54) is 6.33 Å². The van der Waals surface area contributed by atoms with E-state index in [0.717, 1.165) is 5.56 Å². The van der Waals surface area contributed by atoms with Crippen molar-refractivity contribution in [1.82, 2.24) is 19.4 Å². The topological polar surface area (TPSA) is 113 Å². The van der Waals surface area contributed by atoms with Crippen molar-refractivity contribution < 1.29 is 5.11 Å². The summed E-state index contributed by atoms with van der Waals surface area (Å²) in [7, 11) is 0. The molecule has 3 heterocycles. The fourth-order valence-corrected chi connectivity index (χ4v) is 1.83. The maximum Gasteiger partial charge on any atom is 0.236 e. The van der Waals surface area contributed by atoms with E-state index >= 15 is 0 Å². The molecule has 4 N–H and O–H groups in total. The lowest BCUT2D eigenvalue weighted by atomic mass is 10.2. The fraction of sp³-hybridized carbons (Fsp3) is 0.0909. The molecule has 0 fully saturated rings. The lowest BCUT2D eigenvalue weighted by molar-refractivity contribution is 0.456. The minimum Gasteiger partial charge on any atom is -0.492 e. The van der Waals surface area contributed by atoms with Gasteiger partial charge in [0.05, 0.1) is 0 Å². The van der Waals surface area contributed by atoms with E-state index in [-0.39, 0.29) is 17.1 Å². The number of aromatic nitrogens is 4. The Morgan fingerprint density at radius 2 is 2.17 bits per heavy atom. The van der Waals surface area contributed by atoms with Gasteiger partial charge in [-0.2, -0.15) is 0 Å². The van der Waals surface area contributed by atoms with Crippen molar-refractivity contribution in [2.75, 3.05) is 0 Å². The molecular weight excluding hydrogens is 232 g/mol. The number of pyridine rings is 1. The minimum absolute atomic E-state index is 0.0251. The maximum atomic E-state index is 9.86. The van der Waals surface area contributed by atoms with Gasteiger partial charge in [-0.3, -0.25) is 9.81 Å². The molecule has 0 bridgehead atoms. The quantitative estimate of drug-likeness (QED) is 0.514. The number of rotatable bonds is 1. The fourth-order valence-electron chi connectivity index (χ4n) is 1.83. The second-order valence-corrected chi connectivity index (χ2v) is 3.83. The van der Waals surface area contributed by atoms with Crippen LogP contribution in [0.5, 0.6) is 5.88 Å². The molecule has 7 heteroatoms. The molecule has 7 nitrogen and oxygen atoms in total. The van der Waals surface area contributed by atoms with Crippen molar-refractivity contribution in [1.29, 1.82) is 5.41 Å². The lowest BCUT2D eigenvalue weighted by Gasteiger charge is -2.11. The van der Waals surface area contributed by atoms with Crippen LogP contribution in [0.25, 0.3) is 17.0 Å². The van der Waals surface area contributed by atoms with Crippen LogP contribution >= 0.6 is 0 Å². The van der Waals surface area contributed by atoms with Gasteiger partial charge in [-0.25, -0.2) is 15.0 Å². The first kappa shape index (κ1) is 10.6. The van der Waals surface area contributed by atoms with Crippen LogP contribution in [-0.2, 0) is 6.54 Å². The summed E-state index contributed by atoms with van der Waals surface area (Å²) < 4.78 is 1.67. The molecule has 90 valence electrons. The Morgan fingerprint density at radius 1 is 1.33 bits per heavy atom. The first-order valence-corrected chi connectivity index (χ1v) is 5.30. The summed E-state index contributed by atoms with van der Waals surface area (Å²) in [5.74, 6) is 0.312. The smallest absolute Gasteiger partial charge is 0.236 e. The summed E-state index contributed by atoms with van der Waals surface area (Å²) in [5, 5.41) is 17.5. The molecule has 2 aliphatic heterocycles. The molecule has 0 saturated heterocycles. The van der Waals surface area contributed by atoms with Crippen molar-refractivity contribution in [3.05, 3.63) is 35.7 Å². The predicted molar refractivity (Wildman–Crippen MR) is 62.8 cm³/mol. The number of fused-ring (bicyclic) bond motifs is 3. The third-order valence-corrected chi connectivity index (χ3v) is 2.72. The third-order valence-electron chi connectivity index (χ3n) is 2.72. The molecule has 0 unspecified atom stereocenters. The highest BCUT2D eigenvalue weighted by Gasteiger charge is 2.15. The average Bonchev–Trinajstić information content (AvgIpc) is 2.40. The van der Waals surface area contributed by atoms with Crippen LogP contribution in [0.15, 0.2) is 24.7 Å². The number of nitrogens with two attached hydrogens (primary N) is 1. The zero-order chi connectivity index (χ0) is 12.7.